The Hall–Kier alpha value is -0.580. The molecule has 0 aromatic carbocycles. The van der Waals surface area contributed by atoms with Gasteiger partial charge in [0.05, 0.1) is 12.0 Å². The van der Waals surface area contributed by atoms with Crippen LogP contribution in [0, 0.1) is 0 Å². The Kier molecular flexibility index (Phi) is 4.89. The van der Waals surface area contributed by atoms with Gasteiger partial charge in [-0.1, -0.05) is 25.4 Å². The molecule has 12 heavy (non-hydrogen) atoms. The van der Waals surface area contributed by atoms with Crippen molar-refractivity contribution in [2.24, 2.45) is 5.16 Å². The molecular formula is C7H15NO3S. The largest absolute Gasteiger partial charge is 0.325 e. The Morgan fingerprint density at radius 1 is 1.42 bits per heavy atom. The summed E-state index contributed by atoms with van der Waals surface area (Å²) in [6.45, 7) is 3.92. The van der Waals surface area contributed by atoms with Gasteiger partial charge in [0, 0.05) is 0 Å². The van der Waals surface area contributed by atoms with E-state index in [1.807, 2.05) is 13.8 Å². The lowest BCUT2D eigenvalue weighted by Crippen LogP contribution is -2.02. The number of oxime groups is 1. The van der Waals surface area contributed by atoms with Crippen LogP contribution in [0.1, 0.15) is 33.1 Å². The third-order valence-electron chi connectivity index (χ3n) is 1.25. The minimum atomic E-state index is -3.44. The van der Waals surface area contributed by atoms with Crippen LogP contribution in [0.25, 0.3) is 0 Å². The summed E-state index contributed by atoms with van der Waals surface area (Å²) in [7, 11) is -3.44. The van der Waals surface area contributed by atoms with E-state index in [9.17, 15) is 8.42 Å². The molecule has 0 aliphatic carbocycles. The minimum Gasteiger partial charge on any atom is -0.269 e. The van der Waals surface area contributed by atoms with Crippen molar-refractivity contribution in [2.45, 2.75) is 33.1 Å². The van der Waals surface area contributed by atoms with Crippen LogP contribution in [0.4, 0.5) is 0 Å². The summed E-state index contributed by atoms with van der Waals surface area (Å²) in [4.78, 5) is 0. The molecular weight excluding hydrogens is 178 g/mol. The van der Waals surface area contributed by atoms with Crippen LogP contribution in [-0.2, 0) is 14.4 Å². The highest BCUT2D eigenvalue weighted by Crippen LogP contribution is 1.99. The zero-order valence-corrected chi connectivity index (χ0v) is 8.52. The van der Waals surface area contributed by atoms with Gasteiger partial charge in [-0.2, -0.15) is 8.42 Å². The highest BCUT2D eigenvalue weighted by Gasteiger charge is 2.01. The standard InChI is InChI=1S/C7H15NO3S/c1-4-6-7(5-2)8-11-12(3,9)10/h4-6H2,1-3H3/b8-7-. The second-order valence-electron chi connectivity index (χ2n) is 2.54. The molecule has 0 aliphatic rings. The Labute approximate surface area is 73.7 Å². The lowest BCUT2D eigenvalue weighted by molar-refractivity contribution is 0.340. The fraction of sp³-hybridized carbons (Fsp3) is 0.857. The van der Waals surface area contributed by atoms with Gasteiger partial charge in [-0.25, -0.2) is 0 Å². The van der Waals surface area contributed by atoms with Crippen molar-refractivity contribution < 1.29 is 12.7 Å². The predicted octanol–water partition coefficient (Wildman–Crippen LogP) is 1.53. The molecule has 0 amide bonds. The third kappa shape index (κ3) is 6.15. The summed E-state index contributed by atoms with van der Waals surface area (Å²) in [5.41, 5.74) is 0.780. The molecule has 0 aliphatic heterocycles. The Balaban J connectivity index is 4.12. The average Bonchev–Trinajstić information content (AvgIpc) is 1.96. The first-order valence-corrected chi connectivity index (χ1v) is 5.75. The van der Waals surface area contributed by atoms with Crippen molar-refractivity contribution in [3.8, 4) is 0 Å². The molecule has 0 aromatic heterocycles. The van der Waals surface area contributed by atoms with Crippen molar-refractivity contribution in [3.63, 3.8) is 0 Å². The Morgan fingerprint density at radius 3 is 2.33 bits per heavy atom. The Morgan fingerprint density at radius 2 is 2.00 bits per heavy atom. The summed E-state index contributed by atoms with van der Waals surface area (Å²) in [6.07, 6.45) is 3.44. The minimum absolute atomic E-state index is 0.726. The van der Waals surface area contributed by atoms with E-state index in [4.69, 9.17) is 0 Å². The number of nitrogens with zero attached hydrogens (tertiary/aromatic N) is 1. The van der Waals surface area contributed by atoms with Crippen LogP contribution in [0.3, 0.4) is 0 Å². The van der Waals surface area contributed by atoms with E-state index in [0.717, 1.165) is 31.2 Å². The van der Waals surface area contributed by atoms with Crippen LogP contribution in [0.15, 0.2) is 5.16 Å². The van der Waals surface area contributed by atoms with Crippen LogP contribution < -0.4 is 0 Å². The molecule has 0 fully saturated rings. The second-order valence-corrected chi connectivity index (χ2v) is 4.10. The van der Waals surface area contributed by atoms with E-state index in [0.29, 0.717) is 0 Å². The fourth-order valence-corrected chi connectivity index (χ4v) is 0.937. The third-order valence-corrected chi connectivity index (χ3v) is 1.59. The van der Waals surface area contributed by atoms with Crippen LogP contribution >= 0.6 is 0 Å². The summed E-state index contributed by atoms with van der Waals surface area (Å²) >= 11 is 0. The van der Waals surface area contributed by atoms with E-state index >= 15 is 0 Å². The van der Waals surface area contributed by atoms with Crippen molar-refractivity contribution >= 4 is 15.8 Å². The van der Waals surface area contributed by atoms with E-state index in [1.54, 1.807) is 0 Å². The number of hydrogen-bond acceptors (Lipinski definition) is 4. The summed E-state index contributed by atoms with van der Waals surface area (Å²) < 4.78 is 25.3. The van der Waals surface area contributed by atoms with Gasteiger partial charge in [0.25, 0.3) is 0 Å². The summed E-state index contributed by atoms with van der Waals surface area (Å²) in [6, 6.07) is 0. The number of hydrogen-bond donors (Lipinski definition) is 0. The molecule has 72 valence electrons. The summed E-state index contributed by atoms with van der Waals surface area (Å²) in [5.74, 6) is 0. The van der Waals surface area contributed by atoms with Crippen LogP contribution in [0.5, 0.6) is 0 Å². The second kappa shape index (κ2) is 5.13. The maximum absolute atomic E-state index is 10.5. The van der Waals surface area contributed by atoms with Crippen molar-refractivity contribution in [1.82, 2.24) is 0 Å². The Bertz CT molecular complexity index is 243. The first kappa shape index (κ1) is 11.4. The lowest BCUT2D eigenvalue weighted by atomic mass is 10.2. The molecule has 0 unspecified atom stereocenters. The molecule has 0 spiro atoms. The molecule has 4 nitrogen and oxygen atoms in total. The molecule has 0 atom stereocenters. The summed E-state index contributed by atoms with van der Waals surface area (Å²) in [5, 5.41) is 3.53. The van der Waals surface area contributed by atoms with Crippen LogP contribution in [-0.4, -0.2) is 20.4 Å². The van der Waals surface area contributed by atoms with E-state index < -0.39 is 10.1 Å². The maximum atomic E-state index is 10.5. The molecule has 0 heterocycles. The van der Waals surface area contributed by atoms with Gasteiger partial charge < -0.3 is 0 Å². The number of rotatable bonds is 5. The monoisotopic (exact) mass is 193 g/mol. The zero-order valence-electron chi connectivity index (χ0n) is 7.70. The van der Waals surface area contributed by atoms with Gasteiger partial charge >= 0.3 is 10.1 Å². The predicted molar refractivity (Wildman–Crippen MR) is 48.6 cm³/mol. The molecule has 0 rings (SSSR count). The quantitative estimate of drug-likeness (QED) is 0.491. The SMILES string of the molecule is CCC/C(CC)=N\OS(C)(=O)=O. The molecule has 0 N–H and O–H groups in total. The van der Waals surface area contributed by atoms with Gasteiger partial charge in [0.1, 0.15) is 0 Å². The normalized spacial score (nSPS) is 13.1. The topological polar surface area (TPSA) is 55.7 Å². The first-order valence-electron chi connectivity index (χ1n) is 3.94. The van der Waals surface area contributed by atoms with Gasteiger partial charge in [0.15, 0.2) is 0 Å². The van der Waals surface area contributed by atoms with Gasteiger partial charge in [0.2, 0.25) is 0 Å². The van der Waals surface area contributed by atoms with Crippen molar-refractivity contribution in [3.05, 3.63) is 0 Å². The average molecular weight is 193 g/mol. The van der Waals surface area contributed by atoms with Gasteiger partial charge in [-0.3, -0.25) is 4.28 Å². The molecule has 0 saturated carbocycles. The van der Waals surface area contributed by atoms with Crippen molar-refractivity contribution in [1.29, 1.82) is 0 Å². The maximum Gasteiger partial charge on any atom is 0.325 e. The molecule has 5 heteroatoms. The van der Waals surface area contributed by atoms with Gasteiger partial charge in [-0.15, -0.1) is 0 Å². The van der Waals surface area contributed by atoms with E-state index in [2.05, 4.69) is 9.44 Å². The van der Waals surface area contributed by atoms with Crippen molar-refractivity contribution in [2.75, 3.05) is 6.26 Å². The van der Waals surface area contributed by atoms with Crippen LogP contribution in [0.2, 0.25) is 0 Å². The highest BCUT2D eigenvalue weighted by atomic mass is 32.2. The molecule has 0 saturated heterocycles. The van der Waals surface area contributed by atoms with E-state index in [1.165, 1.54) is 0 Å². The zero-order chi connectivity index (χ0) is 9.61. The smallest absolute Gasteiger partial charge is 0.269 e. The molecule has 0 aromatic rings. The first-order chi connectivity index (χ1) is 5.49. The fourth-order valence-electron chi connectivity index (χ4n) is 0.696. The molecule has 0 radical (unpaired) electrons. The lowest BCUT2D eigenvalue weighted by Gasteiger charge is -1.99. The van der Waals surface area contributed by atoms with E-state index in [-0.39, 0.29) is 0 Å². The van der Waals surface area contributed by atoms with Gasteiger partial charge in [-0.05, 0) is 12.8 Å². The molecule has 0 bridgehead atoms. The highest BCUT2D eigenvalue weighted by molar-refractivity contribution is 7.85.